The molecule has 1 aliphatic rings. The molecule has 0 atom stereocenters. The molecule has 128 valence electrons. The smallest absolute Gasteiger partial charge is 0.0775 e. The zero-order valence-corrected chi connectivity index (χ0v) is 18.7. The lowest BCUT2D eigenvalue weighted by atomic mass is 10.2. The van der Waals surface area contributed by atoms with Gasteiger partial charge in [-0.15, -0.1) is 0 Å². The van der Waals surface area contributed by atoms with Crippen molar-refractivity contribution >= 4 is 15.2 Å². The molecule has 0 amide bonds. The van der Waals surface area contributed by atoms with Crippen molar-refractivity contribution in [3.05, 3.63) is 21.5 Å². The Kier molecular flexibility index (Phi) is 7.39. The average molecular weight is 337 g/mol. The van der Waals surface area contributed by atoms with E-state index in [-0.39, 0.29) is 0 Å². The lowest BCUT2D eigenvalue weighted by Crippen LogP contribution is -2.75. The first kappa shape index (κ1) is 20.0. The highest BCUT2D eigenvalue weighted by atomic mass is 29.3. The van der Waals surface area contributed by atoms with Gasteiger partial charge in [0, 0.05) is 0 Å². The van der Waals surface area contributed by atoms with E-state index >= 15 is 0 Å². The molecule has 0 unspecified atom stereocenters. The Bertz CT molecular complexity index is 381. The number of rotatable bonds is 8. The summed E-state index contributed by atoms with van der Waals surface area (Å²) in [5, 5.41) is 3.90. The van der Waals surface area contributed by atoms with Crippen LogP contribution in [0.2, 0.25) is 24.2 Å². The van der Waals surface area contributed by atoms with Gasteiger partial charge in [0.2, 0.25) is 0 Å². The molecule has 0 nitrogen and oxygen atoms in total. The monoisotopic (exact) mass is 336 g/mol. The third-order valence-corrected chi connectivity index (χ3v) is 26.7. The summed E-state index contributed by atoms with van der Waals surface area (Å²) in [5.74, 6) is 0. The lowest BCUT2D eigenvalue weighted by Gasteiger charge is -2.63. The first-order valence-corrected chi connectivity index (χ1v) is 15.6. The predicted molar refractivity (Wildman–Crippen MR) is 109 cm³/mol. The van der Waals surface area contributed by atoms with Crippen LogP contribution in [0.15, 0.2) is 21.5 Å². The van der Waals surface area contributed by atoms with Crippen LogP contribution in [0.4, 0.5) is 0 Å². The Balaban J connectivity index is 3.63. The minimum Gasteiger partial charge on any atom is -0.0775 e. The van der Waals surface area contributed by atoms with Gasteiger partial charge < -0.3 is 0 Å². The summed E-state index contributed by atoms with van der Waals surface area (Å²) in [5.41, 5.74) is 3.33. The van der Waals surface area contributed by atoms with Gasteiger partial charge in [-0.05, 0) is 27.7 Å². The van der Waals surface area contributed by atoms with Crippen LogP contribution < -0.4 is 0 Å². The normalized spacial score (nSPS) is 19.1. The summed E-state index contributed by atoms with van der Waals surface area (Å²) >= 11 is 0. The van der Waals surface area contributed by atoms with Crippen molar-refractivity contribution in [2.75, 3.05) is 0 Å². The van der Waals surface area contributed by atoms with Gasteiger partial charge >= 0.3 is 0 Å². The first-order chi connectivity index (χ1) is 10.4. The lowest BCUT2D eigenvalue weighted by molar-refractivity contribution is 0.940. The van der Waals surface area contributed by atoms with Crippen LogP contribution in [0.25, 0.3) is 0 Å². The Hall–Kier alpha value is -0.0862. The van der Waals surface area contributed by atoms with Crippen LogP contribution in [0, 0.1) is 0 Å². The van der Waals surface area contributed by atoms with Gasteiger partial charge in [-0.1, -0.05) is 99.1 Å². The van der Waals surface area contributed by atoms with Crippen LogP contribution >= 0.6 is 0 Å². The maximum Gasteiger partial charge on any atom is 0.0853 e. The topological polar surface area (TPSA) is 0 Å². The van der Waals surface area contributed by atoms with E-state index < -0.39 is 15.2 Å². The van der Waals surface area contributed by atoms with Gasteiger partial charge in [-0.2, -0.15) is 0 Å². The summed E-state index contributed by atoms with van der Waals surface area (Å²) in [6, 6.07) is 6.30. The Morgan fingerprint density at radius 3 is 0.909 bits per heavy atom. The zero-order chi connectivity index (χ0) is 17.0. The second kappa shape index (κ2) is 8.14. The van der Waals surface area contributed by atoms with Crippen LogP contribution in [-0.4, -0.2) is 15.2 Å². The maximum atomic E-state index is 2.44. The fourth-order valence-corrected chi connectivity index (χ4v) is 31.3. The third kappa shape index (κ3) is 2.98. The fourth-order valence-electron chi connectivity index (χ4n) is 5.77. The molecule has 0 bridgehead atoms. The average Bonchev–Trinajstić information content (AvgIpc) is 2.42. The Morgan fingerprint density at radius 2 is 0.773 bits per heavy atom. The van der Waals surface area contributed by atoms with E-state index in [9.17, 15) is 0 Å². The molecule has 1 saturated heterocycles. The van der Waals surface area contributed by atoms with E-state index in [1.54, 1.807) is 35.3 Å². The van der Waals surface area contributed by atoms with Crippen molar-refractivity contribution in [3.8, 4) is 0 Å². The number of hydrogen-bond acceptors (Lipinski definition) is 0. The van der Waals surface area contributed by atoms with Gasteiger partial charge in [-0.3, -0.25) is 0 Å². The Morgan fingerprint density at radius 1 is 0.545 bits per heavy atom. The van der Waals surface area contributed by atoms with Crippen molar-refractivity contribution in [2.45, 2.75) is 105 Å². The molecule has 1 fully saturated rings. The van der Waals surface area contributed by atoms with Gasteiger partial charge in [0.15, 0.2) is 0 Å². The molecule has 0 aromatic carbocycles. The molecule has 0 spiro atoms. The SMILES string of the molecule is CCC[Si]1(CCC)C(=C(C)C)C(=C(C)C)[Si]1(CCC)CCC. The van der Waals surface area contributed by atoms with E-state index in [4.69, 9.17) is 0 Å². The minimum absolute atomic E-state index is 1.22. The minimum atomic E-state index is -1.22. The molecule has 2 heteroatoms. The van der Waals surface area contributed by atoms with Crippen molar-refractivity contribution in [2.24, 2.45) is 0 Å². The van der Waals surface area contributed by atoms with E-state index in [0.717, 1.165) is 0 Å². The molecule has 0 radical (unpaired) electrons. The van der Waals surface area contributed by atoms with Crippen LogP contribution in [-0.2, 0) is 0 Å². The number of hydrogen-bond donors (Lipinski definition) is 0. The first-order valence-electron chi connectivity index (χ1n) is 9.74. The summed E-state index contributed by atoms with van der Waals surface area (Å²) in [4.78, 5) is 0. The maximum absolute atomic E-state index is 2.44. The van der Waals surface area contributed by atoms with Crippen molar-refractivity contribution in [1.29, 1.82) is 0 Å². The van der Waals surface area contributed by atoms with Crippen LogP contribution in [0.1, 0.15) is 81.1 Å². The van der Waals surface area contributed by atoms with E-state index in [1.807, 2.05) is 10.4 Å². The summed E-state index contributed by atoms with van der Waals surface area (Å²) in [6.45, 7) is 19.4. The van der Waals surface area contributed by atoms with E-state index in [2.05, 4.69) is 55.4 Å². The summed E-state index contributed by atoms with van der Waals surface area (Å²) in [6.07, 6.45) is 5.62. The zero-order valence-electron chi connectivity index (χ0n) is 16.7. The highest BCUT2D eigenvalue weighted by Crippen LogP contribution is 2.59. The molecule has 22 heavy (non-hydrogen) atoms. The van der Waals surface area contributed by atoms with Crippen LogP contribution in [0.3, 0.4) is 0 Å². The van der Waals surface area contributed by atoms with Gasteiger partial charge in [0.05, 0.1) is 15.2 Å². The third-order valence-electron chi connectivity index (χ3n) is 5.83. The standard InChI is InChI=1S/C20H40Si2/c1-9-13-21(14-10-2)19(17(5)6)20(18(7)8)22(21,15-11-3)16-12-4/h9-16H2,1-8H3. The second-order valence-electron chi connectivity index (χ2n) is 7.91. The van der Waals surface area contributed by atoms with Gasteiger partial charge in [-0.25, -0.2) is 0 Å². The molecule has 0 aliphatic carbocycles. The molecule has 0 aromatic heterocycles. The molecule has 1 aliphatic heterocycles. The van der Waals surface area contributed by atoms with E-state index in [1.165, 1.54) is 25.7 Å². The molecule has 0 aromatic rings. The molecular weight excluding hydrogens is 296 g/mol. The van der Waals surface area contributed by atoms with Gasteiger partial charge in [0.25, 0.3) is 0 Å². The number of allylic oxidation sites excluding steroid dienone is 4. The largest absolute Gasteiger partial charge is 0.0853 e. The van der Waals surface area contributed by atoms with Crippen molar-refractivity contribution in [1.82, 2.24) is 0 Å². The molecule has 1 heterocycles. The summed E-state index contributed by atoms with van der Waals surface area (Å²) in [7, 11) is -2.44. The second-order valence-corrected chi connectivity index (χ2v) is 21.0. The highest BCUT2D eigenvalue weighted by molar-refractivity contribution is 7.54. The molecular formula is C20H40Si2. The predicted octanol–water partition coefficient (Wildman–Crippen LogP) is 7.37. The van der Waals surface area contributed by atoms with Crippen molar-refractivity contribution < 1.29 is 0 Å². The molecule has 0 N–H and O–H groups in total. The highest BCUT2D eigenvalue weighted by Gasteiger charge is 2.66. The van der Waals surface area contributed by atoms with Crippen LogP contribution in [0.5, 0.6) is 0 Å². The summed E-state index contributed by atoms with van der Waals surface area (Å²) < 4.78 is 0. The quantitative estimate of drug-likeness (QED) is 0.406. The molecule has 1 rings (SSSR count). The molecule has 0 saturated carbocycles. The Labute approximate surface area is 142 Å². The van der Waals surface area contributed by atoms with Gasteiger partial charge in [0.1, 0.15) is 0 Å². The van der Waals surface area contributed by atoms with Crippen molar-refractivity contribution in [3.63, 3.8) is 0 Å². The van der Waals surface area contributed by atoms with E-state index in [0.29, 0.717) is 0 Å². The fraction of sp³-hybridized carbons (Fsp3) is 0.800.